The molecular formula is C23H20ClN3. The van der Waals surface area contributed by atoms with Crippen LogP contribution in [0.5, 0.6) is 0 Å². The molecule has 0 saturated carbocycles. The van der Waals surface area contributed by atoms with Crippen LogP contribution in [-0.4, -0.2) is 9.55 Å². The Morgan fingerprint density at radius 2 is 1.59 bits per heavy atom. The average Bonchev–Trinajstić information content (AvgIpc) is 3.06. The van der Waals surface area contributed by atoms with Gasteiger partial charge < -0.3 is 10.3 Å². The summed E-state index contributed by atoms with van der Waals surface area (Å²) >= 11 is 6.49. The van der Waals surface area contributed by atoms with E-state index >= 15 is 0 Å². The van der Waals surface area contributed by atoms with Crippen molar-refractivity contribution in [2.75, 3.05) is 5.73 Å². The molecule has 0 fully saturated rings. The van der Waals surface area contributed by atoms with Gasteiger partial charge in [-0.3, -0.25) is 0 Å². The first kappa shape index (κ1) is 17.4. The molecule has 2 heterocycles. The molecular weight excluding hydrogens is 354 g/mol. The van der Waals surface area contributed by atoms with Gasteiger partial charge in [-0.2, -0.15) is 0 Å². The van der Waals surface area contributed by atoms with Crippen molar-refractivity contribution >= 4 is 17.4 Å². The molecule has 2 aromatic heterocycles. The number of pyridine rings is 1. The standard InChI is InChI=1S/C23H20ClN3/c1-16-9-11-17(12-10-16)21-13-14-22(19-6-2-3-7-20(19)24)27(21)15-18-5-4-8-23(25)26-18/h2-14H,15H2,1H3,(H2,25,26). The Labute approximate surface area is 164 Å². The van der Waals surface area contributed by atoms with Crippen LogP contribution in [-0.2, 0) is 6.54 Å². The average molecular weight is 374 g/mol. The van der Waals surface area contributed by atoms with Crippen LogP contribution in [0.3, 0.4) is 0 Å². The normalized spacial score (nSPS) is 10.9. The van der Waals surface area contributed by atoms with Gasteiger partial charge in [-0.15, -0.1) is 0 Å². The Morgan fingerprint density at radius 3 is 2.33 bits per heavy atom. The van der Waals surface area contributed by atoms with E-state index in [9.17, 15) is 0 Å². The summed E-state index contributed by atoms with van der Waals surface area (Å²) in [5.74, 6) is 0.524. The lowest BCUT2D eigenvalue weighted by Crippen LogP contribution is -2.06. The van der Waals surface area contributed by atoms with Gasteiger partial charge in [-0.05, 0) is 42.8 Å². The molecule has 4 heteroatoms. The second kappa shape index (κ2) is 7.29. The van der Waals surface area contributed by atoms with Crippen LogP contribution in [0, 0.1) is 6.92 Å². The minimum absolute atomic E-state index is 0.524. The van der Waals surface area contributed by atoms with Crippen molar-refractivity contribution in [2.24, 2.45) is 0 Å². The zero-order valence-electron chi connectivity index (χ0n) is 15.1. The predicted molar refractivity (Wildman–Crippen MR) is 113 cm³/mol. The SMILES string of the molecule is Cc1ccc(-c2ccc(-c3ccccc3Cl)n2Cc2cccc(N)n2)cc1. The van der Waals surface area contributed by atoms with Gasteiger partial charge in [0, 0.05) is 16.3 Å². The van der Waals surface area contributed by atoms with Gasteiger partial charge in [-0.25, -0.2) is 4.98 Å². The minimum Gasteiger partial charge on any atom is -0.384 e. The largest absolute Gasteiger partial charge is 0.384 e. The molecule has 2 aromatic carbocycles. The summed E-state index contributed by atoms with van der Waals surface area (Å²) in [5.41, 5.74) is 12.4. The molecule has 0 atom stereocenters. The van der Waals surface area contributed by atoms with Crippen LogP contribution in [0.25, 0.3) is 22.5 Å². The fraction of sp³-hybridized carbons (Fsp3) is 0.0870. The first-order valence-electron chi connectivity index (χ1n) is 8.85. The molecule has 134 valence electrons. The molecule has 0 spiro atoms. The summed E-state index contributed by atoms with van der Waals surface area (Å²) in [6.07, 6.45) is 0. The van der Waals surface area contributed by atoms with Gasteiger partial charge in [-0.1, -0.05) is 65.7 Å². The van der Waals surface area contributed by atoms with Gasteiger partial charge in [0.15, 0.2) is 0 Å². The van der Waals surface area contributed by atoms with Crippen LogP contribution < -0.4 is 5.73 Å². The molecule has 0 aliphatic heterocycles. The quantitative estimate of drug-likeness (QED) is 0.490. The number of anilines is 1. The summed E-state index contributed by atoms with van der Waals surface area (Å²) in [6, 6.07) is 26.4. The van der Waals surface area contributed by atoms with Crippen molar-refractivity contribution in [1.29, 1.82) is 0 Å². The predicted octanol–water partition coefficient (Wildman–Crippen LogP) is 5.81. The highest BCUT2D eigenvalue weighted by molar-refractivity contribution is 6.33. The van der Waals surface area contributed by atoms with Crippen molar-refractivity contribution in [3.63, 3.8) is 0 Å². The zero-order chi connectivity index (χ0) is 18.8. The van der Waals surface area contributed by atoms with Gasteiger partial charge >= 0.3 is 0 Å². The lowest BCUT2D eigenvalue weighted by Gasteiger charge is -2.15. The van der Waals surface area contributed by atoms with E-state index in [2.05, 4.69) is 52.9 Å². The number of nitrogen functional groups attached to an aromatic ring is 1. The summed E-state index contributed by atoms with van der Waals surface area (Å²) < 4.78 is 2.24. The van der Waals surface area contributed by atoms with Crippen molar-refractivity contribution in [2.45, 2.75) is 13.5 Å². The molecule has 0 radical (unpaired) electrons. The van der Waals surface area contributed by atoms with Crippen LogP contribution in [0.4, 0.5) is 5.82 Å². The third-order valence-electron chi connectivity index (χ3n) is 4.63. The Kier molecular flexibility index (Phi) is 4.69. The topological polar surface area (TPSA) is 43.8 Å². The second-order valence-corrected chi connectivity index (χ2v) is 7.00. The fourth-order valence-corrected chi connectivity index (χ4v) is 3.50. The van der Waals surface area contributed by atoms with E-state index in [1.54, 1.807) is 6.07 Å². The summed E-state index contributed by atoms with van der Waals surface area (Å²) in [4.78, 5) is 4.48. The van der Waals surface area contributed by atoms with Gasteiger partial charge in [0.1, 0.15) is 5.82 Å². The molecule has 0 unspecified atom stereocenters. The molecule has 0 aliphatic rings. The van der Waals surface area contributed by atoms with Crippen molar-refractivity contribution < 1.29 is 0 Å². The number of aromatic nitrogens is 2. The first-order valence-corrected chi connectivity index (χ1v) is 9.22. The lowest BCUT2D eigenvalue weighted by atomic mass is 10.1. The van der Waals surface area contributed by atoms with E-state index in [0.717, 1.165) is 33.2 Å². The number of halogens is 1. The lowest BCUT2D eigenvalue weighted by molar-refractivity contribution is 0.797. The molecule has 0 amide bonds. The summed E-state index contributed by atoms with van der Waals surface area (Å²) in [5, 5.41) is 0.729. The number of hydrogen-bond acceptors (Lipinski definition) is 2. The number of hydrogen-bond donors (Lipinski definition) is 1. The molecule has 3 nitrogen and oxygen atoms in total. The van der Waals surface area contributed by atoms with E-state index in [1.807, 2.05) is 36.4 Å². The molecule has 4 aromatic rings. The Bertz CT molecular complexity index is 1080. The Hall–Kier alpha value is -3.04. The van der Waals surface area contributed by atoms with Crippen molar-refractivity contribution in [1.82, 2.24) is 9.55 Å². The van der Waals surface area contributed by atoms with Gasteiger partial charge in [0.25, 0.3) is 0 Å². The maximum atomic E-state index is 6.49. The van der Waals surface area contributed by atoms with Crippen LogP contribution >= 0.6 is 11.6 Å². The van der Waals surface area contributed by atoms with Crippen molar-refractivity contribution in [3.05, 3.63) is 95.1 Å². The summed E-state index contributed by atoms with van der Waals surface area (Å²) in [6.45, 7) is 2.70. The van der Waals surface area contributed by atoms with Crippen LogP contribution in [0.15, 0.2) is 78.9 Å². The van der Waals surface area contributed by atoms with E-state index < -0.39 is 0 Å². The monoisotopic (exact) mass is 373 g/mol. The highest BCUT2D eigenvalue weighted by atomic mass is 35.5. The zero-order valence-corrected chi connectivity index (χ0v) is 15.8. The smallest absolute Gasteiger partial charge is 0.123 e. The van der Waals surface area contributed by atoms with Gasteiger partial charge in [0.05, 0.1) is 17.9 Å². The summed E-state index contributed by atoms with van der Waals surface area (Å²) in [7, 11) is 0. The number of benzene rings is 2. The molecule has 27 heavy (non-hydrogen) atoms. The number of nitrogens with zero attached hydrogens (tertiary/aromatic N) is 2. The second-order valence-electron chi connectivity index (χ2n) is 6.59. The number of aryl methyl sites for hydroxylation is 1. The maximum absolute atomic E-state index is 6.49. The minimum atomic E-state index is 0.524. The Morgan fingerprint density at radius 1 is 0.852 bits per heavy atom. The van der Waals surface area contributed by atoms with E-state index in [-0.39, 0.29) is 0 Å². The van der Waals surface area contributed by atoms with E-state index in [0.29, 0.717) is 12.4 Å². The molecule has 0 saturated heterocycles. The maximum Gasteiger partial charge on any atom is 0.123 e. The van der Waals surface area contributed by atoms with Gasteiger partial charge in [0.2, 0.25) is 0 Å². The van der Waals surface area contributed by atoms with Crippen LogP contribution in [0.1, 0.15) is 11.3 Å². The fourth-order valence-electron chi connectivity index (χ4n) is 3.27. The third-order valence-corrected chi connectivity index (χ3v) is 4.96. The highest BCUT2D eigenvalue weighted by Crippen LogP contribution is 2.33. The molecule has 0 aliphatic carbocycles. The van der Waals surface area contributed by atoms with E-state index in [4.69, 9.17) is 17.3 Å². The molecule has 2 N–H and O–H groups in total. The van der Waals surface area contributed by atoms with Crippen molar-refractivity contribution in [3.8, 4) is 22.5 Å². The molecule has 0 bridgehead atoms. The third kappa shape index (κ3) is 3.60. The van der Waals surface area contributed by atoms with E-state index in [1.165, 1.54) is 5.56 Å². The highest BCUT2D eigenvalue weighted by Gasteiger charge is 2.14. The Balaban J connectivity index is 1.87. The van der Waals surface area contributed by atoms with Crippen LogP contribution in [0.2, 0.25) is 5.02 Å². The number of nitrogens with two attached hydrogens (primary N) is 1. The first-order chi connectivity index (χ1) is 13.1. The molecule has 4 rings (SSSR count). The number of rotatable bonds is 4.